The van der Waals surface area contributed by atoms with Crippen molar-refractivity contribution < 1.29 is 18.0 Å². The Labute approximate surface area is 204 Å². The summed E-state index contributed by atoms with van der Waals surface area (Å²) in [5, 5.41) is 7.13. The zero-order valence-corrected chi connectivity index (χ0v) is 19.8. The maximum atomic E-state index is 12.9. The quantitative estimate of drug-likeness (QED) is 0.525. The number of carbonyl (C=O) groups is 1. The van der Waals surface area contributed by atoms with Gasteiger partial charge in [0.15, 0.2) is 0 Å². The number of aromatic nitrogens is 2. The van der Waals surface area contributed by atoms with Gasteiger partial charge in [-0.1, -0.05) is 0 Å². The fraction of sp³-hybridized carbons (Fsp3) is 0.458. The number of benzene rings is 1. The number of anilines is 3. The minimum Gasteiger partial charge on any atom is -0.382 e. The highest BCUT2D eigenvalue weighted by Crippen LogP contribution is 2.50. The van der Waals surface area contributed by atoms with E-state index in [0.717, 1.165) is 66.3 Å². The van der Waals surface area contributed by atoms with Crippen LogP contribution in [-0.2, 0) is 6.42 Å². The van der Waals surface area contributed by atoms with E-state index in [1.54, 1.807) is 11.0 Å². The summed E-state index contributed by atoms with van der Waals surface area (Å²) in [6.45, 7) is 3.04. The molecule has 3 fully saturated rings. The Bertz CT molecular complexity index is 1250. The number of alkyl halides is 3. The monoisotopic (exact) mass is 502 g/mol. The van der Waals surface area contributed by atoms with Crippen LogP contribution in [0.3, 0.4) is 0 Å². The van der Waals surface area contributed by atoms with Gasteiger partial charge in [0.25, 0.3) is 0 Å². The van der Waals surface area contributed by atoms with Gasteiger partial charge in [0.1, 0.15) is 17.0 Å². The van der Waals surface area contributed by atoms with Crippen LogP contribution in [0.2, 0.25) is 0 Å². The average molecular weight is 503 g/mol. The molecule has 2 aliphatic heterocycles. The van der Waals surface area contributed by atoms with E-state index in [0.29, 0.717) is 24.0 Å². The van der Waals surface area contributed by atoms with Crippen LogP contribution in [-0.4, -0.2) is 54.4 Å². The molecule has 2 N–H and O–H groups in total. The summed E-state index contributed by atoms with van der Waals surface area (Å²) >= 11 is 1.09. The third kappa shape index (κ3) is 4.37. The summed E-state index contributed by atoms with van der Waals surface area (Å²) in [4.78, 5) is 25.3. The van der Waals surface area contributed by atoms with E-state index in [4.69, 9.17) is 0 Å². The van der Waals surface area contributed by atoms with E-state index in [1.165, 1.54) is 6.33 Å². The molecule has 7 nitrogen and oxygen atoms in total. The molecule has 0 unspecified atom stereocenters. The topological polar surface area (TPSA) is 73.4 Å². The average Bonchev–Trinajstić information content (AvgIpc) is 3.50. The fourth-order valence-electron chi connectivity index (χ4n) is 5.66. The van der Waals surface area contributed by atoms with Crippen molar-refractivity contribution in [2.24, 2.45) is 5.41 Å². The van der Waals surface area contributed by atoms with Gasteiger partial charge in [-0.2, -0.15) is 13.2 Å². The first-order valence-electron chi connectivity index (χ1n) is 11.7. The standard InChI is InChI=1S/C24H25F3N6OS/c25-24(26,27)12-18-9-19-20(29-14-30-21(19)35-18)32-7-5-23(13-32)10-16(11-23)31-15-1-3-17(4-2-15)33-8-6-28-22(33)34/h1-4,9,14,16,31H,5-8,10-13H2,(H,28,34). The first-order chi connectivity index (χ1) is 16.8. The number of hydrogen-bond donors (Lipinski definition) is 2. The molecule has 35 heavy (non-hydrogen) atoms. The molecule has 4 heterocycles. The van der Waals surface area contributed by atoms with Crippen molar-refractivity contribution in [1.29, 1.82) is 0 Å². The minimum absolute atomic E-state index is 0.0579. The first-order valence-corrected chi connectivity index (χ1v) is 12.6. The summed E-state index contributed by atoms with van der Waals surface area (Å²) in [5.74, 6) is 0.745. The Morgan fingerprint density at radius 3 is 2.69 bits per heavy atom. The number of fused-ring (bicyclic) bond motifs is 1. The second-order valence-corrected chi connectivity index (χ2v) is 10.9. The summed E-state index contributed by atoms with van der Waals surface area (Å²) < 4.78 is 38.6. The molecule has 2 saturated heterocycles. The molecule has 0 bridgehead atoms. The molecule has 0 atom stereocenters. The molecule has 184 valence electrons. The molecular formula is C24H25F3N6OS. The van der Waals surface area contributed by atoms with Crippen molar-refractivity contribution >= 4 is 44.8 Å². The van der Waals surface area contributed by atoms with E-state index in [2.05, 4.69) is 25.5 Å². The predicted molar refractivity (Wildman–Crippen MR) is 130 cm³/mol. The number of nitrogens with zero attached hydrogens (tertiary/aromatic N) is 4. The van der Waals surface area contributed by atoms with Crippen LogP contribution in [0.5, 0.6) is 0 Å². The highest BCUT2D eigenvalue weighted by Gasteiger charge is 2.49. The second-order valence-electron chi connectivity index (χ2n) is 9.77. The highest BCUT2D eigenvalue weighted by atomic mass is 32.1. The number of urea groups is 1. The summed E-state index contributed by atoms with van der Waals surface area (Å²) in [6, 6.07) is 9.88. The van der Waals surface area contributed by atoms with Crippen molar-refractivity contribution in [2.75, 3.05) is 41.3 Å². The second kappa shape index (κ2) is 8.25. The van der Waals surface area contributed by atoms with E-state index in [-0.39, 0.29) is 16.3 Å². The van der Waals surface area contributed by atoms with E-state index >= 15 is 0 Å². The minimum atomic E-state index is -4.23. The number of amides is 2. The summed E-state index contributed by atoms with van der Waals surface area (Å²) in [5.41, 5.74) is 2.13. The Balaban J connectivity index is 1.08. The lowest BCUT2D eigenvalue weighted by molar-refractivity contribution is -0.126. The first kappa shape index (κ1) is 22.4. The van der Waals surface area contributed by atoms with Gasteiger partial charge in [0, 0.05) is 48.5 Å². The molecule has 1 saturated carbocycles. The molecule has 1 aliphatic carbocycles. The maximum Gasteiger partial charge on any atom is 0.393 e. The molecule has 2 amide bonds. The molecule has 3 aliphatic rings. The Morgan fingerprint density at radius 1 is 1.17 bits per heavy atom. The maximum absolute atomic E-state index is 12.9. The number of rotatable bonds is 5. The lowest BCUT2D eigenvalue weighted by Gasteiger charge is -2.46. The number of thiophene rings is 1. The number of carbonyl (C=O) groups excluding carboxylic acids is 1. The van der Waals surface area contributed by atoms with Crippen LogP contribution in [0, 0.1) is 5.41 Å². The third-order valence-corrected chi connectivity index (χ3v) is 8.28. The van der Waals surface area contributed by atoms with Gasteiger partial charge in [-0.3, -0.25) is 4.90 Å². The number of hydrogen-bond acceptors (Lipinski definition) is 6. The molecule has 0 radical (unpaired) electrons. The molecule has 1 aromatic carbocycles. The molecule has 11 heteroatoms. The van der Waals surface area contributed by atoms with Gasteiger partial charge >= 0.3 is 12.2 Å². The summed E-state index contributed by atoms with van der Waals surface area (Å²) in [7, 11) is 0. The van der Waals surface area contributed by atoms with Crippen LogP contribution < -0.4 is 20.4 Å². The van der Waals surface area contributed by atoms with Gasteiger partial charge in [-0.25, -0.2) is 14.8 Å². The highest BCUT2D eigenvalue weighted by molar-refractivity contribution is 7.18. The van der Waals surface area contributed by atoms with E-state index in [9.17, 15) is 18.0 Å². The SMILES string of the molecule is O=C1NCCN1c1ccc(NC2CC3(CCN(c4ncnc5sc(CC(F)(F)F)cc45)C3)C2)cc1. The summed E-state index contributed by atoms with van der Waals surface area (Å²) in [6.07, 6.45) is -0.593. The van der Waals surface area contributed by atoms with Gasteiger partial charge in [0.05, 0.1) is 11.8 Å². The lowest BCUT2D eigenvalue weighted by atomic mass is 9.65. The normalized spacial score (nSPS) is 24.3. The molecule has 3 aromatic rings. The van der Waals surface area contributed by atoms with Crippen LogP contribution in [0.4, 0.5) is 35.2 Å². The van der Waals surface area contributed by atoms with E-state index < -0.39 is 12.6 Å². The molecule has 2 aromatic heterocycles. The van der Waals surface area contributed by atoms with Crippen LogP contribution in [0.25, 0.3) is 10.2 Å². The Kier molecular flexibility index (Phi) is 5.28. The lowest BCUT2D eigenvalue weighted by Crippen LogP contribution is -2.46. The zero-order chi connectivity index (χ0) is 24.2. The van der Waals surface area contributed by atoms with Crippen molar-refractivity contribution in [2.45, 2.75) is 37.9 Å². The smallest absolute Gasteiger partial charge is 0.382 e. The predicted octanol–water partition coefficient (Wildman–Crippen LogP) is 4.80. The van der Waals surface area contributed by atoms with Gasteiger partial charge in [0.2, 0.25) is 0 Å². The van der Waals surface area contributed by atoms with Gasteiger partial charge in [-0.05, 0) is 55.0 Å². The van der Waals surface area contributed by atoms with E-state index in [1.807, 2.05) is 24.3 Å². The molecule has 6 rings (SSSR count). The van der Waals surface area contributed by atoms with Crippen LogP contribution >= 0.6 is 11.3 Å². The zero-order valence-electron chi connectivity index (χ0n) is 18.9. The van der Waals surface area contributed by atoms with Gasteiger partial charge < -0.3 is 15.5 Å². The van der Waals surface area contributed by atoms with Crippen molar-refractivity contribution in [3.63, 3.8) is 0 Å². The molecular weight excluding hydrogens is 477 g/mol. The number of nitrogens with one attached hydrogen (secondary N) is 2. The number of halogens is 3. The Hall–Kier alpha value is -3.08. The Morgan fingerprint density at radius 2 is 1.97 bits per heavy atom. The largest absolute Gasteiger partial charge is 0.393 e. The third-order valence-electron chi connectivity index (χ3n) is 7.24. The van der Waals surface area contributed by atoms with Crippen molar-refractivity contribution in [3.8, 4) is 0 Å². The van der Waals surface area contributed by atoms with Gasteiger partial charge in [-0.15, -0.1) is 11.3 Å². The fourth-order valence-corrected chi connectivity index (χ4v) is 6.68. The van der Waals surface area contributed by atoms with Crippen LogP contribution in [0.15, 0.2) is 36.7 Å². The molecule has 1 spiro atoms. The van der Waals surface area contributed by atoms with Crippen molar-refractivity contribution in [3.05, 3.63) is 41.5 Å². The van der Waals surface area contributed by atoms with Crippen molar-refractivity contribution in [1.82, 2.24) is 15.3 Å². The van der Waals surface area contributed by atoms with Crippen LogP contribution in [0.1, 0.15) is 24.1 Å².